The van der Waals surface area contributed by atoms with Gasteiger partial charge in [0.05, 0.1) is 12.2 Å². The van der Waals surface area contributed by atoms with Crippen molar-refractivity contribution < 1.29 is 33.7 Å². The zero-order chi connectivity index (χ0) is 28.7. The third kappa shape index (κ3) is 9.59. The number of hydrogen-bond acceptors (Lipinski definition) is 7. The molecule has 0 aliphatic carbocycles. The van der Waals surface area contributed by atoms with Crippen molar-refractivity contribution >= 4 is 18.0 Å². The lowest BCUT2D eigenvalue weighted by molar-refractivity contribution is -0.0129. The largest absolute Gasteiger partial charge is 0.507 e. The number of fused-ring (bicyclic) bond motifs is 1. The monoisotopic (exact) mass is 549 g/mol. The number of cyclic esters (lactones) is 1. The zero-order valence-electron chi connectivity index (χ0n) is 23.2. The number of unbranched alkanes of at least 4 members (excludes halogenated alkanes) is 2. The van der Waals surface area contributed by atoms with Gasteiger partial charge in [-0.2, -0.15) is 0 Å². The predicted octanol–water partition coefficient (Wildman–Crippen LogP) is 6.49. The Bertz CT molecular complexity index is 1180. The lowest BCUT2D eigenvalue weighted by atomic mass is 9.93. The topological polar surface area (TPSA) is 111 Å². The molecule has 1 amide bonds. The Morgan fingerprint density at radius 3 is 2.67 bits per heavy atom. The van der Waals surface area contributed by atoms with Crippen LogP contribution in [0.25, 0.3) is 0 Å². The van der Waals surface area contributed by atoms with Gasteiger partial charge in [-0.3, -0.25) is 5.32 Å². The third-order valence-corrected chi connectivity index (χ3v) is 6.72. The lowest BCUT2D eigenvalue weighted by Crippen LogP contribution is -2.32. The Labute approximate surface area is 236 Å². The summed E-state index contributed by atoms with van der Waals surface area (Å²) >= 11 is 0. The van der Waals surface area contributed by atoms with Gasteiger partial charge < -0.3 is 19.3 Å². The van der Waals surface area contributed by atoms with E-state index in [1.807, 2.05) is 25.1 Å². The van der Waals surface area contributed by atoms with Crippen molar-refractivity contribution in [3.05, 3.63) is 89.6 Å². The molecule has 0 fully saturated rings. The molecule has 40 heavy (non-hydrogen) atoms. The van der Waals surface area contributed by atoms with Gasteiger partial charge in [-0.1, -0.05) is 75.2 Å². The SMILES string of the molecule is CCCCCOC(=O)N/C=C/CC1CC(OC(=O)c2ccccc2)C(C)C/C=C/Cc2cccc(O)c2C(=O)O1. The maximum Gasteiger partial charge on any atom is 0.411 e. The molecule has 2 aromatic carbocycles. The van der Waals surface area contributed by atoms with Crippen LogP contribution >= 0.6 is 0 Å². The minimum Gasteiger partial charge on any atom is -0.507 e. The number of ether oxygens (including phenoxy) is 3. The van der Waals surface area contributed by atoms with Crippen molar-refractivity contribution in [1.82, 2.24) is 5.32 Å². The van der Waals surface area contributed by atoms with Crippen molar-refractivity contribution in [3.8, 4) is 5.75 Å². The number of esters is 2. The normalized spacial score (nSPS) is 20.4. The molecule has 0 saturated carbocycles. The number of nitrogens with one attached hydrogen (secondary N) is 1. The molecule has 8 nitrogen and oxygen atoms in total. The number of carbonyl (C=O) groups is 3. The summed E-state index contributed by atoms with van der Waals surface area (Å²) in [4.78, 5) is 38.1. The van der Waals surface area contributed by atoms with Gasteiger partial charge in [-0.25, -0.2) is 14.4 Å². The van der Waals surface area contributed by atoms with Crippen LogP contribution in [0.4, 0.5) is 4.79 Å². The molecule has 0 spiro atoms. The lowest BCUT2D eigenvalue weighted by Gasteiger charge is -2.28. The fourth-order valence-electron chi connectivity index (χ4n) is 4.41. The number of hydrogen-bond donors (Lipinski definition) is 2. The van der Waals surface area contributed by atoms with E-state index in [1.165, 1.54) is 12.3 Å². The molecule has 2 aromatic rings. The number of rotatable bonds is 9. The van der Waals surface area contributed by atoms with Crippen LogP contribution in [-0.4, -0.2) is 42.0 Å². The first-order chi connectivity index (χ1) is 19.4. The first kappa shape index (κ1) is 30.5. The molecule has 0 aromatic heterocycles. The third-order valence-electron chi connectivity index (χ3n) is 6.72. The molecule has 214 valence electrons. The Morgan fingerprint density at radius 1 is 1.10 bits per heavy atom. The Kier molecular flexibility index (Phi) is 12.3. The quantitative estimate of drug-likeness (QED) is 0.159. The van der Waals surface area contributed by atoms with Crippen LogP contribution in [0.1, 0.15) is 78.7 Å². The van der Waals surface area contributed by atoms with Crippen LogP contribution in [0.5, 0.6) is 5.75 Å². The van der Waals surface area contributed by atoms with Gasteiger partial charge in [-0.15, -0.1) is 0 Å². The van der Waals surface area contributed by atoms with Crippen molar-refractivity contribution in [1.29, 1.82) is 0 Å². The molecule has 0 saturated heterocycles. The van der Waals surface area contributed by atoms with Crippen molar-refractivity contribution in [2.75, 3.05) is 6.61 Å². The van der Waals surface area contributed by atoms with Crippen LogP contribution in [0.15, 0.2) is 73.0 Å². The first-order valence-electron chi connectivity index (χ1n) is 13.9. The Balaban J connectivity index is 1.78. The van der Waals surface area contributed by atoms with Gasteiger partial charge in [0.15, 0.2) is 0 Å². The van der Waals surface area contributed by atoms with E-state index >= 15 is 0 Å². The molecule has 8 heteroatoms. The molecule has 1 heterocycles. The van der Waals surface area contributed by atoms with E-state index in [1.54, 1.807) is 42.5 Å². The smallest absolute Gasteiger partial charge is 0.411 e. The molecule has 3 atom stereocenters. The maximum atomic E-state index is 13.3. The van der Waals surface area contributed by atoms with Crippen LogP contribution in [0.2, 0.25) is 0 Å². The van der Waals surface area contributed by atoms with E-state index in [9.17, 15) is 19.5 Å². The van der Waals surface area contributed by atoms with Gasteiger partial charge in [0.1, 0.15) is 23.5 Å². The van der Waals surface area contributed by atoms with E-state index in [0.29, 0.717) is 30.6 Å². The number of phenolic OH excluding ortho intramolecular Hbond substituents is 1. The fourth-order valence-corrected chi connectivity index (χ4v) is 4.41. The average Bonchev–Trinajstić information content (AvgIpc) is 2.95. The summed E-state index contributed by atoms with van der Waals surface area (Å²) in [6.07, 6.45) is 9.63. The van der Waals surface area contributed by atoms with Gasteiger partial charge in [0.2, 0.25) is 0 Å². The van der Waals surface area contributed by atoms with Crippen molar-refractivity contribution in [2.45, 2.75) is 71.0 Å². The van der Waals surface area contributed by atoms with E-state index in [4.69, 9.17) is 14.2 Å². The Morgan fingerprint density at radius 2 is 1.90 bits per heavy atom. The van der Waals surface area contributed by atoms with Crippen molar-refractivity contribution in [3.63, 3.8) is 0 Å². The summed E-state index contributed by atoms with van der Waals surface area (Å²) < 4.78 is 17.0. The summed E-state index contributed by atoms with van der Waals surface area (Å²) in [5, 5.41) is 13.0. The number of benzene rings is 2. The second-order valence-electron chi connectivity index (χ2n) is 9.90. The number of allylic oxidation sites excluding steroid dienone is 2. The van der Waals surface area contributed by atoms with Crippen LogP contribution in [0.3, 0.4) is 0 Å². The summed E-state index contributed by atoms with van der Waals surface area (Å²) in [6.45, 7) is 4.41. The van der Waals surface area contributed by atoms with Gasteiger partial charge in [-0.05, 0) is 48.9 Å². The highest BCUT2D eigenvalue weighted by atomic mass is 16.6. The second kappa shape index (κ2) is 16.1. The van der Waals surface area contributed by atoms with Gasteiger partial charge >= 0.3 is 18.0 Å². The number of phenols is 1. The highest BCUT2D eigenvalue weighted by Crippen LogP contribution is 2.28. The number of carbonyl (C=O) groups excluding carboxylic acids is 3. The number of alkyl carbamates (subject to hydrolysis) is 1. The Hall–Kier alpha value is -4.07. The molecule has 0 bridgehead atoms. The van der Waals surface area contributed by atoms with Crippen LogP contribution in [-0.2, 0) is 20.6 Å². The average molecular weight is 550 g/mol. The highest BCUT2D eigenvalue weighted by molar-refractivity contribution is 5.94. The minimum absolute atomic E-state index is 0.0617. The van der Waals surface area contributed by atoms with Gasteiger partial charge in [0, 0.05) is 19.0 Å². The van der Waals surface area contributed by atoms with E-state index in [2.05, 4.69) is 12.2 Å². The molecular weight excluding hydrogens is 510 g/mol. The molecule has 3 unspecified atom stereocenters. The predicted molar refractivity (Wildman–Crippen MR) is 152 cm³/mol. The number of aromatic hydroxyl groups is 1. The molecule has 0 radical (unpaired) electrons. The summed E-state index contributed by atoms with van der Waals surface area (Å²) in [7, 11) is 0. The maximum absolute atomic E-state index is 13.3. The molecule has 2 N–H and O–H groups in total. The standard InChI is InChI=1S/C32H39NO7/c1-3-4-10-21-38-32(37)33-20-12-18-26-22-28(40-30(35)25-15-6-5-7-16-25)23(2)13-8-9-14-24-17-11-19-27(34)29(24)31(36)39-26/h5-9,11-12,15-17,19-20,23,26,28,34H,3-4,10,13-14,18,21-22H2,1-2H3,(H,33,37)/b9-8+,20-12+. The second-order valence-corrected chi connectivity index (χ2v) is 9.90. The van der Waals surface area contributed by atoms with Crippen LogP contribution in [0, 0.1) is 5.92 Å². The van der Waals surface area contributed by atoms with Crippen LogP contribution < -0.4 is 5.32 Å². The molecule has 1 aliphatic rings. The van der Waals surface area contributed by atoms with Crippen molar-refractivity contribution in [2.24, 2.45) is 5.92 Å². The molecule has 1 aliphatic heterocycles. The van der Waals surface area contributed by atoms with Gasteiger partial charge in [0.25, 0.3) is 0 Å². The highest BCUT2D eigenvalue weighted by Gasteiger charge is 2.29. The zero-order valence-corrected chi connectivity index (χ0v) is 23.2. The minimum atomic E-state index is -0.696. The fraction of sp³-hybridized carbons (Fsp3) is 0.406. The van der Waals surface area contributed by atoms with E-state index in [0.717, 1.165) is 19.3 Å². The summed E-state index contributed by atoms with van der Waals surface area (Å²) in [5.74, 6) is -1.34. The number of amides is 1. The van der Waals surface area contributed by atoms with E-state index in [-0.39, 0.29) is 30.1 Å². The summed E-state index contributed by atoms with van der Waals surface area (Å²) in [6, 6.07) is 13.7. The molecular formula is C32H39NO7. The summed E-state index contributed by atoms with van der Waals surface area (Å²) in [5.41, 5.74) is 1.20. The van der Waals surface area contributed by atoms with E-state index < -0.39 is 30.2 Å². The molecule has 3 rings (SSSR count). The first-order valence-corrected chi connectivity index (χ1v) is 13.9.